The van der Waals surface area contributed by atoms with Crippen LogP contribution in [0.4, 0.5) is 0 Å². The lowest BCUT2D eigenvalue weighted by Gasteiger charge is -2.28. The van der Waals surface area contributed by atoms with Crippen molar-refractivity contribution in [2.75, 3.05) is 47.5 Å². The summed E-state index contributed by atoms with van der Waals surface area (Å²) < 4.78 is 34.1. The van der Waals surface area contributed by atoms with Gasteiger partial charge in [0.1, 0.15) is 19.8 Å². The van der Waals surface area contributed by atoms with Gasteiger partial charge >= 0.3 is 11.9 Å². The van der Waals surface area contributed by atoms with E-state index in [1.165, 1.54) is 122 Å². The summed E-state index contributed by atoms with van der Waals surface area (Å²) in [7, 11) is 1.16. The molecule has 9 nitrogen and oxygen atoms in total. The molecule has 0 aromatic heterocycles. The van der Waals surface area contributed by atoms with E-state index in [2.05, 4.69) is 86.8 Å². The number of rotatable bonds is 50. The van der Waals surface area contributed by atoms with Gasteiger partial charge in [0, 0.05) is 12.8 Å². The van der Waals surface area contributed by atoms with Gasteiger partial charge in [0.2, 0.25) is 0 Å². The SMILES string of the molecule is CC/C=C\C/C=C\C/C=C\C/C=C\C/C=C\C/C=C\CCCCCCCCCCCCCCC(=O)OC(COC(=O)CCCCCCCCCCCCCCC)COP(=O)([O-])OCC[N+](C)(C)C. The second kappa shape index (κ2) is 49.4. The Morgan fingerprint density at radius 3 is 1.25 bits per heavy atom. The van der Waals surface area contributed by atoms with Crippen molar-refractivity contribution in [1.29, 1.82) is 0 Å². The smallest absolute Gasteiger partial charge is 0.306 e. The largest absolute Gasteiger partial charge is 0.756 e. The zero-order valence-corrected chi connectivity index (χ0v) is 45.4. The molecule has 68 heavy (non-hydrogen) atoms. The standard InChI is InChI=1S/C58H104NO8P/c1-6-8-10-12-14-16-18-20-21-22-23-24-25-26-27-28-29-30-31-32-33-34-35-36-37-39-41-43-45-47-49-51-58(61)67-56(55-66-68(62,63)65-53-52-59(3,4)5)54-64-57(60)50-48-46-44-42-40-38-19-17-15-13-11-9-7-2/h8,10,14,16,20-21,23-24,26-27,29-30,56H,6-7,9,11-13,15,17-19,22,25,28,31-55H2,1-5H3/b10-8-,16-14-,21-20-,24-23-,27-26-,30-29-. The molecule has 0 amide bonds. The number of carbonyl (C=O) groups is 2. The Morgan fingerprint density at radius 2 is 0.838 bits per heavy atom. The van der Waals surface area contributed by atoms with E-state index in [0.717, 1.165) is 77.0 Å². The van der Waals surface area contributed by atoms with Gasteiger partial charge in [0.05, 0.1) is 27.7 Å². The van der Waals surface area contributed by atoms with E-state index in [4.69, 9.17) is 18.5 Å². The quantitative estimate of drug-likeness (QED) is 0.0195. The molecular weight excluding hydrogens is 870 g/mol. The number of ether oxygens (including phenoxy) is 2. The van der Waals surface area contributed by atoms with Gasteiger partial charge in [-0.1, -0.05) is 228 Å². The average Bonchev–Trinajstić information content (AvgIpc) is 3.30. The van der Waals surface area contributed by atoms with Crippen LogP contribution in [0.1, 0.15) is 232 Å². The number of nitrogens with zero attached hydrogens (tertiary/aromatic N) is 1. The highest BCUT2D eigenvalue weighted by Crippen LogP contribution is 2.38. The average molecular weight is 974 g/mol. The molecule has 0 aliphatic rings. The zero-order valence-electron chi connectivity index (χ0n) is 44.5. The number of phosphoric acid groups is 1. The van der Waals surface area contributed by atoms with Crippen LogP contribution < -0.4 is 4.89 Å². The summed E-state index contributed by atoms with van der Waals surface area (Å²) in [6.07, 6.45) is 63.7. The first kappa shape index (κ1) is 65.5. The summed E-state index contributed by atoms with van der Waals surface area (Å²) in [6.45, 7) is 4.13. The van der Waals surface area contributed by atoms with Crippen LogP contribution in [0, 0.1) is 0 Å². The molecule has 0 fully saturated rings. The van der Waals surface area contributed by atoms with Crippen LogP contribution in [0.3, 0.4) is 0 Å². The number of unbranched alkanes of at least 4 members (excludes halogenated alkanes) is 24. The van der Waals surface area contributed by atoms with Crippen LogP contribution in [0.15, 0.2) is 72.9 Å². The molecule has 0 saturated carbocycles. The van der Waals surface area contributed by atoms with E-state index >= 15 is 0 Å². The molecule has 10 heteroatoms. The minimum Gasteiger partial charge on any atom is -0.756 e. The first-order chi connectivity index (χ1) is 33.0. The van der Waals surface area contributed by atoms with Crippen molar-refractivity contribution in [2.45, 2.75) is 238 Å². The van der Waals surface area contributed by atoms with Crippen LogP contribution in [0.25, 0.3) is 0 Å². The van der Waals surface area contributed by atoms with Crippen LogP contribution in [0.5, 0.6) is 0 Å². The number of allylic oxidation sites excluding steroid dienone is 12. The molecule has 0 aromatic rings. The van der Waals surface area contributed by atoms with Gasteiger partial charge in [0.15, 0.2) is 6.10 Å². The minimum absolute atomic E-state index is 0.0321. The fraction of sp³-hybridized carbons (Fsp3) is 0.759. The predicted molar refractivity (Wildman–Crippen MR) is 286 cm³/mol. The fourth-order valence-electron chi connectivity index (χ4n) is 7.48. The number of quaternary nitrogens is 1. The molecule has 0 saturated heterocycles. The highest BCUT2D eigenvalue weighted by Gasteiger charge is 2.21. The second-order valence-corrected chi connectivity index (χ2v) is 21.0. The number of phosphoric ester groups is 1. The highest BCUT2D eigenvalue weighted by molar-refractivity contribution is 7.45. The third kappa shape index (κ3) is 52.8. The number of hydrogen-bond donors (Lipinski definition) is 0. The third-order valence-electron chi connectivity index (χ3n) is 11.7. The number of likely N-dealkylation sites (N-methyl/N-ethyl adjacent to an activating group) is 1. The van der Waals surface area contributed by atoms with Crippen LogP contribution in [-0.2, 0) is 32.7 Å². The van der Waals surface area contributed by atoms with Gasteiger partial charge in [-0.3, -0.25) is 14.2 Å². The monoisotopic (exact) mass is 974 g/mol. The molecule has 0 rings (SSSR count). The van der Waals surface area contributed by atoms with Crippen molar-refractivity contribution in [3.8, 4) is 0 Å². The number of esters is 2. The molecule has 0 heterocycles. The first-order valence-electron chi connectivity index (χ1n) is 27.6. The zero-order chi connectivity index (χ0) is 49.9. The Balaban J connectivity index is 4.11. The number of hydrogen-bond acceptors (Lipinski definition) is 8. The van der Waals surface area contributed by atoms with Crippen molar-refractivity contribution >= 4 is 19.8 Å². The van der Waals surface area contributed by atoms with Crippen LogP contribution >= 0.6 is 7.82 Å². The summed E-state index contributed by atoms with van der Waals surface area (Å²) in [5.41, 5.74) is 0. The van der Waals surface area contributed by atoms with Gasteiger partial charge in [0.25, 0.3) is 7.82 Å². The Hall–Kier alpha value is -2.55. The molecule has 0 radical (unpaired) electrons. The predicted octanol–water partition coefficient (Wildman–Crippen LogP) is 16.3. The lowest BCUT2D eigenvalue weighted by Crippen LogP contribution is -2.37. The Morgan fingerprint density at radius 1 is 0.471 bits per heavy atom. The summed E-state index contributed by atoms with van der Waals surface area (Å²) in [6, 6.07) is 0. The molecule has 0 bridgehead atoms. The maximum atomic E-state index is 12.8. The molecule has 2 atom stereocenters. The van der Waals surface area contributed by atoms with Crippen molar-refractivity contribution in [1.82, 2.24) is 0 Å². The fourth-order valence-corrected chi connectivity index (χ4v) is 8.21. The van der Waals surface area contributed by atoms with Crippen molar-refractivity contribution in [3.63, 3.8) is 0 Å². The Bertz CT molecular complexity index is 1380. The molecule has 394 valence electrons. The third-order valence-corrected chi connectivity index (χ3v) is 12.7. The van der Waals surface area contributed by atoms with Gasteiger partial charge in [-0.15, -0.1) is 0 Å². The second-order valence-electron chi connectivity index (χ2n) is 19.6. The van der Waals surface area contributed by atoms with Crippen LogP contribution in [0.2, 0.25) is 0 Å². The van der Waals surface area contributed by atoms with Gasteiger partial charge < -0.3 is 27.9 Å². The molecular formula is C58H104NO8P. The van der Waals surface area contributed by atoms with Crippen molar-refractivity contribution < 1.29 is 42.1 Å². The van der Waals surface area contributed by atoms with E-state index in [0.29, 0.717) is 17.4 Å². The molecule has 0 N–H and O–H groups in total. The van der Waals surface area contributed by atoms with E-state index in [-0.39, 0.29) is 32.0 Å². The molecule has 0 aliphatic heterocycles. The Labute approximate surface area is 418 Å². The van der Waals surface area contributed by atoms with Gasteiger partial charge in [-0.05, 0) is 64.2 Å². The van der Waals surface area contributed by atoms with E-state index in [9.17, 15) is 19.0 Å². The summed E-state index contributed by atoms with van der Waals surface area (Å²) in [4.78, 5) is 37.7. The molecule has 0 aliphatic carbocycles. The lowest BCUT2D eigenvalue weighted by atomic mass is 10.0. The van der Waals surface area contributed by atoms with E-state index < -0.39 is 26.5 Å². The topological polar surface area (TPSA) is 111 Å². The molecule has 2 unspecified atom stereocenters. The molecule has 0 spiro atoms. The molecule has 0 aromatic carbocycles. The van der Waals surface area contributed by atoms with E-state index in [1.54, 1.807) is 0 Å². The summed E-state index contributed by atoms with van der Waals surface area (Å²) in [5, 5.41) is 0. The van der Waals surface area contributed by atoms with Crippen LogP contribution in [-0.4, -0.2) is 70.0 Å². The van der Waals surface area contributed by atoms with Crippen molar-refractivity contribution in [3.05, 3.63) is 72.9 Å². The highest BCUT2D eigenvalue weighted by atomic mass is 31.2. The Kier molecular flexibility index (Phi) is 47.6. The maximum Gasteiger partial charge on any atom is 0.306 e. The minimum atomic E-state index is -4.63. The normalized spacial score (nSPS) is 13.9. The van der Waals surface area contributed by atoms with Gasteiger partial charge in [-0.25, -0.2) is 0 Å². The van der Waals surface area contributed by atoms with E-state index in [1.807, 2.05) is 21.1 Å². The van der Waals surface area contributed by atoms with Gasteiger partial charge in [-0.2, -0.15) is 0 Å². The van der Waals surface area contributed by atoms with Crippen molar-refractivity contribution in [2.24, 2.45) is 0 Å². The lowest BCUT2D eigenvalue weighted by molar-refractivity contribution is -0.870. The summed E-state index contributed by atoms with van der Waals surface area (Å²) >= 11 is 0. The maximum absolute atomic E-state index is 12.8. The number of carbonyl (C=O) groups excluding carboxylic acids is 2. The first-order valence-corrected chi connectivity index (χ1v) is 29.1. The summed E-state index contributed by atoms with van der Waals surface area (Å²) in [5.74, 6) is -0.832.